The van der Waals surface area contributed by atoms with Crippen LogP contribution in [0.5, 0.6) is 0 Å². The zero-order valence-corrected chi connectivity index (χ0v) is 13.8. The van der Waals surface area contributed by atoms with Gasteiger partial charge in [0.05, 0.1) is 24.0 Å². The van der Waals surface area contributed by atoms with E-state index in [1.54, 1.807) is 10.8 Å². The second-order valence-electron chi connectivity index (χ2n) is 4.89. The first kappa shape index (κ1) is 15.1. The van der Waals surface area contributed by atoms with Gasteiger partial charge in [-0.3, -0.25) is 0 Å². The summed E-state index contributed by atoms with van der Waals surface area (Å²) in [6.07, 6.45) is 1.55. The number of hydrogen-bond acceptors (Lipinski definition) is 4. The number of benzene rings is 2. The maximum atomic E-state index is 12.1. The molecule has 1 aromatic heterocycles. The second kappa shape index (κ2) is 5.78. The SMILES string of the molecule is COC(=O)c1c(N)c(C#N)cn1-c1cccc2c(Br)cccc12. The molecule has 0 spiro atoms. The number of carbonyl (C=O) groups excluding carboxylic acids is 1. The molecule has 6 heteroatoms. The summed E-state index contributed by atoms with van der Waals surface area (Å²) in [6.45, 7) is 0. The van der Waals surface area contributed by atoms with E-state index in [0.29, 0.717) is 0 Å². The van der Waals surface area contributed by atoms with Crippen molar-refractivity contribution < 1.29 is 9.53 Å². The van der Waals surface area contributed by atoms with Crippen LogP contribution < -0.4 is 5.73 Å². The minimum absolute atomic E-state index is 0.117. The fourth-order valence-corrected chi connectivity index (χ4v) is 3.07. The summed E-state index contributed by atoms with van der Waals surface area (Å²) in [6, 6.07) is 13.5. The van der Waals surface area contributed by atoms with Gasteiger partial charge in [0.2, 0.25) is 0 Å². The van der Waals surface area contributed by atoms with Gasteiger partial charge in [-0.05, 0) is 17.5 Å². The molecule has 3 aromatic rings. The highest BCUT2D eigenvalue weighted by Crippen LogP contribution is 2.32. The fourth-order valence-electron chi connectivity index (χ4n) is 2.57. The minimum atomic E-state index is -0.587. The Balaban J connectivity index is 2.38. The molecule has 3 rings (SSSR count). The maximum Gasteiger partial charge on any atom is 0.357 e. The number of esters is 1. The highest BCUT2D eigenvalue weighted by atomic mass is 79.9. The third-order valence-corrected chi connectivity index (χ3v) is 4.34. The van der Waals surface area contributed by atoms with Crippen LogP contribution in [0.2, 0.25) is 0 Å². The molecular weight excluding hydrogens is 358 g/mol. The zero-order valence-electron chi connectivity index (χ0n) is 12.2. The van der Waals surface area contributed by atoms with Crippen LogP contribution in [0.1, 0.15) is 16.1 Å². The normalized spacial score (nSPS) is 10.5. The Morgan fingerprint density at radius 3 is 2.65 bits per heavy atom. The molecule has 23 heavy (non-hydrogen) atoms. The fraction of sp³-hybridized carbons (Fsp3) is 0.0588. The van der Waals surface area contributed by atoms with Gasteiger partial charge in [-0.25, -0.2) is 4.79 Å². The van der Waals surface area contributed by atoms with E-state index < -0.39 is 5.97 Å². The monoisotopic (exact) mass is 369 g/mol. The topological polar surface area (TPSA) is 81.0 Å². The van der Waals surface area contributed by atoms with Gasteiger partial charge in [-0.1, -0.05) is 40.2 Å². The van der Waals surface area contributed by atoms with Crippen molar-refractivity contribution >= 4 is 38.4 Å². The Labute approximate surface area is 141 Å². The van der Waals surface area contributed by atoms with Crippen LogP contribution in [0.3, 0.4) is 0 Å². The minimum Gasteiger partial charge on any atom is -0.464 e. The summed E-state index contributed by atoms with van der Waals surface area (Å²) in [4.78, 5) is 12.1. The first-order chi connectivity index (χ1) is 11.1. The molecule has 2 N–H and O–H groups in total. The van der Waals surface area contributed by atoms with Crippen LogP contribution in [0.15, 0.2) is 47.1 Å². The van der Waals surface area contributed by atoms with Gasteiger partial charge in [0, 0.05) is 16.1 Å². The molecule has 5 nitrogen and oxygen atoms in total. The molecule has 0 atom stereocenters. The molecular formula is C17H12BrN3O2. The third kappa shape index (κ3) is 2.35. The zero-order chi connectivity index (χ0) is 16.6. The largest absolute Gasteiger partial charge is 0.464 e. The van der Waals surface area contributed by atoms with Crippen molar-refractivity contribution in [3.8, 4) is 11.8 Å². The number of fused-ring (bicyclic) bond motifs is 1. The average Bonchev–Trinajstić information content (AvgIpc) is 2.90. The number of nitrogens with two attached hydrogens (primary N) is 1. The van der Waals surface area contributed by atoms with Gasteiger partial charge in [0.15, 0.2) is 5.69 Å². The number of nitrogens with zero attached hydrogens (tertiary/aromatic N) is 2. The van der Waals surface area contributed by atoms with Gasteiger partial charge in [-0.2, -0.15) is 5.26 Å². The smallest absolute Gasteiger partial charge is 0.357 e. The molecule has 1 heterocycles. The predicted octanol–water partition coefficient (Wildman–Crippen LogP) is 3.63. The third-order valence-electron chi connectivity index (χ3n) is 3.65. The van der Waals surface area contributed by atoms with E-state index in [2.05, 4.69) is 15.9 Å². The lowest BCUT2D eigenvalue weighted by Gasteiger charge is -2.12. The van der Waals surface area contributed by atoms with Crippen LogP contribution in [0.4, 0.5) is 5.69 Å². The Bertz CT molecular complexity index is 970. The summed E-state index contributed by atoms with van der Waals surface area (Å²) in [5.41, 5.74) is 7.20. The van der Waals surface area contributed by atoms with Gasteiger partial charge in [0.25, 0.3) is 0 Å². The molecule has 0 saturated carbocycles. The van der Waals surface area contributed by atoms with Crippen LogP contribution in [0.25, 0.3) is 16.5 Å². The predicted molar refractivity (Wildman–Crippen MR) is 91.4 cm³/mol. The number of hydrogen-bond donors (Lipinski definition) is 1. The van der Waals surface area contributed by atoms with Gasteiger partial charge in [-0.15, -0.1) is 0 Å². The second-order valence-corrected chi connectivity index (χ2v) is 5.74. The molecule has 0 unspecified atom stereocenters. The van der Waals surface area contributed by atoms with E-state index in [-0.39, 0.29) is 16.9 Å². The number of carbonyl (C=O) groups is 1. The van der Waals surface area contributed by atoms with E-state index in [4.69, 9.17) is 10.5 Å². The number of anilines is 1. The quantitative estimate of drug-likeness (QED) is 0.699. The number of rotatable bonds is 2. The summed E-state index contributed by atoms with van der Waals surface area (Å²) >= 11 is 3.52. The Morgan fingerprint density at radius 1 is 1.26 bits per heavy atom. The summed E-state index contributed by atoms with van der Waals surface area (Å²) in [5, 5.41) is 11.1. The van der Waals surface area contributed by atoms with E-state index in [0.717, 1.165) is 20.9 Å². The number of nitriles is 1. The van der Waals surface area contributed by atoms with E-state index in [9.17, 15) is 10.1 Å². The van der Waals surface area contributed by atoms with Crippen LogP contribution in [-0.2, 0) is 4.74 Å². The Morgan fingerprint density at radius 2 is 1.96 bits per heavy atom. The van der Waals surface area contributed by atoms with E-state index in [1.165, 1.54) is 7.11 Å². The standard InChI is InChI=1S/C17H12BrN3O2/c1-23-17(22)16-15(20)10(8-19)9-21(16)14-7-3-4-11-12(14)5-2-6-13(11)18/h2-7,9H,20H2,1H3. The molecule has 0 amide bonds. The molecule has 0 fully saturated rings. The van der Waals surface area contributed by atoms with E-state index >= 15 is 0 Å². The number of aromatic nitrogens is 1. The number of nitrogen functional groups attached to an aromatic ring is 1. The van der Waals surface area contributed by atoms with Crippen molar-refractivity contribution in [3.63, 3.8) is 0 Å². The first-order valence-electron chi connectivity index (χ1n) is 6.75. The van der Waals surface area contributed by atoms with Crippen molar-refractivity contribution in [1.29, 1.82) is 5.26 Å². The Kier molecular flexibility index (Phi) is 3.80. The number of ether oxygens (including phenoxy) is 1. The van der Waals surface area contributed by atoms with Crippen molar-refractivity contribution in [2.75, 3.05) is 12.8 Å². The molecule has 0 saturated heterocycles. The van der Waals surface area contributed by atoms with Gasteiger partial charge in [0.1, 0.15) is 6.07 Å². The average molecular weight is 370 g/mol. The lowest BCUT2D eigenvalue weighted by atomic mass is 10.1. The van der Waals surface area contributed by atoms with E-state index in [1.807, 2.05) is 42.5 Å². The lowest BCUT2D eigenvalue weighted by molar-refractivity contribution is 0.0593. The molecule has 2 aromatic carbocycles. The van der Waals surface area contributed by atoms with Gasteiger partial charge < -0.3 is 15.0 Å². The molecule has 0 aliphatic heterocycles. The highest BCUT2D eigenvalue weighted by Gasteiger charge is 2.22. The highest BCUT2D eigenvalue weighted by molar-refractivity contribution is 9.10. The van der Waals surface area contributed by atoms with Crippen molar-refractivity contribution in [2.24, 2.45) is 0 Å². The summed E-state index contributed by atoms with van der Waals surface area (Å²) in [5.74, 6) is -0.587. The summed E-state index contributed by atoms with van der Waals surface area (Å²) in [7, 11) is 1.28. The van der Waals surface area contributed by atoms with Crippen molar-refractivity contribution in [1.82, 2.24) is 4.57 Å². The van der Waals surface area contributed by atoms with Crippen LogP contribution in [0, 0.1) is 11.3 Å². The maximum absolute atomic E-state index is 12.1. The summed E-state index contributed by atoms with van der Waals surface area (Å²) < 4.78 is 7.36. The van der Waals surface area contributed by atoms with Crippen LogP contribution in [-0.4, -0.2) is 17.6 Å². The Hall–Kier alpha value is -2.78. The van der Waals surface area contributed by atoms with Crippen molar-refractivity contribution in [3.05, 3.63) is 58.3 Å². The molecule has 0 radical (unpaired) electrons. The number of methoxy groups -OCH3 is 1. The molecule has 0 aliphatic rings. The molecule has 0 bridgehead atoms. The molecule has 114 valence electrons. The molecule has 0 aliphatic carbocycles. The van der Waals surface area contributed by atoms with Crippen LogP contribution >= 0.6 is 15.9 Å². The first-order valence-corrected chi connectivity index (χ1v) is 7.54. The van der Waals surface area contributed by atoms with Gasteiger partial charge >= 0.3 is 5.97 Å². The van der Waals surface area contributed by atoms with Crippen molar-refractivity contribution in [2.45, 2.75) is 0 Å². The lowest BCUT2D eigenvalue weighted by Crippen LogP contribution is -2.11. The number of halogens is 1.